The molecule has 0 aliphatic rings. The van der Waals surface area contributed by atoms with Crippen LogP contribution in [0.4, 0.5) is 0 Å². The normalized spacial score (nSPS) is 11.5. The van der Waals surface area contributed by atoms with Gasteiger partial charge in [0.1, 0.15) is 11.3 Å². The highest BCUT2D eigenvalue weighted by Crippen LogP contribution is 2.24. The molecule has 1 aromatic heterocycles. The van der Waals surface area contributed by atoms with Crippen molar-refractivity contribution in [3.8, 4) is 0 Å². The molecule has 0 amide bonds. The third kappa shape index (κ3) is 4.42. The van der Waals surface area contributed by atoms with Gasteiger partial charge in [-0.1, -0.05) is 12.1 Å². The van der Waals surface area contributed by atoms with E-state index in [1.54, 1.807) is 30.5 Å². The van der Waals surface area contributed by atoms with Gasteiger partial charge in [-0.3, -0.25) is 9.59 Å². The predicted molar refractivity (Wildman–Crippen MR) is 74.3 cm³/mol. The Morgan fingerprint density at radius 1 is 1.37 bits per heavy atom. The Bertz CT molecular complexity index is 616. The number of carbonyl (C=O) groups is 1. The molecule has 19 heavy (non-hydrogen) atoms. The molecule has 0 aliphatic carbocycles. The molecule has 0 aliphatic heterocycles. The Labute approximate surface area is 113 Å². The summed E-state index contributed by atoms with van der Waals surface area (Å²) in [6.07, 6.45) is 1.75. The van der Waals surface area contributed by atoms with Crippen LogP contribution in [0.3, 0.4) is 0 Å². The molecular formula is C13H14O5S. The Morgan fingerprint density at radius 2 is 1.95 bits per heavy atom. The van der Waals surface area contributed by atoms with Gasteiger partial charge in [-0.05, 0) is 18.4 Å². The van der Waals surface area contributed by atoms with Gasteiger partial charge in [-0.2, -0.15) is 0 Å². The Balaban J connectivity index is 0.000000399. The number of benzene rings is 1. The molecule has 0 saturated heterocycles. The zero-order chi connectivity index (χ0) is 14.4. The first-order chi connectivity index (χ1) is 8.95. The van der Waals surface area contributed by atoms with E-state index >= 15 is 0 Å². The lowest BCUT2D eigenvalue weighted by atomic mass is 10.2. The molecule has 0 saturated carbocycles. The number of hydrogen-bond donors (Lipinski definition) is 2. The van der Waals surface area contributed by atoms with Crippen LogP contribution in [0.2, 0.25) is 0 Å². The van der Waals surface area contributed by atoms with Crippen LogP contribution in [0, 0.1) is 0 Å². The number of carboxylic acids is 1. The molecule has 2 rings (SSSR count). The second-order valence-electron chi connectivity index (χ2n) is 3.62. The van der Waals surface area contributed by atoms with Crippen LogP contribution in [-0.4, -0.2) is 22.4 Å². The number of aliphatic hydroxyl groups excluding tert-OH is 1. The highest BCUT2D eigenvalue weighted by atomic mass is 32.2. The molecule has 2 aromatic rings. The van der Waals surface area contributed by atoms with Gasteiger partial charge in [0, 0.05) is 13.0 Å². The zero-order valence-electron chi connectivity index (χ0n) is 10.5. The van der Waals surface area contributed by atoms with Crippen LogP contribution in [0.15, 0.2) is 39.5 Å². The summed E-state index contributed by atoms with van der Waals surface area (Å²) in [5.41, 5.74) is -0.407. The van der Waals surface area contributed by atoms with E-state index in [9.17, 15) is 9.90 Å². The highest BCUT2D eigenvalue weighted by Gasteiger charge is 2.11. The van der Waals surface area contributed by atoms with Crippen molar-refractivity contribution < 1.29 is 19.4 Å². The van der Waals surface area contributed by atoms with Gasteiger partial charge in [-0.15, -0.1) is 11.8 Å². The van der Waals surface area contributed by atoms with Crippen molar-refractivity contribution in [3.05, 3.63) is 46.3 Å². The van der Waals surface area contributed by atoms with Crippen LogP contribution in [0.1, 0.15) is 18.1 Å². The first kappa shape index (κ1) is 15.3. The first-order valence-corrected chi connectivity index (χ1v) is 6.67. The van der Waals surface area contributed by atoms with Crippen LogP contribution in [0.5, 0.6) is 0 Å². The van der Waals surface area contributed by atoms with Gasteiger partial charge in [0.15, 0.2) is 10.9 Å². The lowest BCUT2D eigenvalue weighted by Crippen LogP contribution is -2.03. The van der Waals surface area contributed by atoms with Crippen molar-refractivity contribution >= 4 is 28.7 Å². The van der Waals surface area contributed by atoms with Crippen molar-refractivity contribution in [1.82, 2.24) is 0 Å². The van der Waals surface area contributed by atoms with E-state index in [0.29, 0.717) is 16.7 Å². The van der Waals surface area contributed by atoms with E-state index in [4.69, 9.17) is 14.3 Å². The lowest BCUT2D eigenvalue weighted by molar-refractivity contribution is -0.134. The standard InChI is InChI=1S/C11H10O3S.C2H4O2/c1-15-11(13)10-6-8(12)7-4-2-3-5-9(7)14-10;1-2(3)4/h2-6,11,13H,1H3;1H3,(H,3,4). The number of thioether (sulfide) groups is 1. The molecule has 1 aromatic carbocycles. The maximum absolute atomic E-state index is 11.6. The third-order valence-electron chi connectivity index (χ3n) is 2.12. The van der Waals surface area contributed by atoms with E-state index in [2.05, 4.69) is 0 Å². The largest absolute Gasteiger partial charge is 0.481 e. The molecular weight excluding hydrogens is 268 g/mol. The van der Waals surface area contributed by atoms with Gasteiger partial charge in [0.25, 0.3) is 5.97 Å². The lowest BCUT2D eigenvalue weighted by Gasteiger charge is -2.06. The van der Waals surface area contributed by atoms with Gasteiger partial charge in [-0.25, -0.2) is 0 Å². The van der Waals surface area contributed by atoms with Crippen LogP contribution in [-0.2, 0) is 4.79 Å². The molecule has 6 heteroatoms. The van der Waals surface area contributed by atoms with E-state index in [1.807, 2.05) is 0 Å². The van der Waals surface area contributed by atoms with E-state index in [1.165, 1.54) is 17.8 Å². The molecule has 0 fully saturated rings. The van der Waals surface area contributed by atoms with Gasteiger partial charge in [0.05, 0.1) is 5.39 Å². The second kappa shape index (κ2) is 6.96. The van der Waals surface area contributed by atoms with E-state index in [-0.39, 0.29) is 5.43 Å². The van der Waals surface area contributed by atoms with E-state index in [0.717, 1.165) is 6.92 Å². The molecule has 1 atom stereocenters. The number of para-hydroxylation sites is 1. The summed E-state index contributed by atoms with van der Waals surface area (Å²) in [5, 5.41) is 17.5. The van der Waals surface area contributed by atoms with Gasteiger partial charge in [0.2, 0.25) is 0 Å². The highest BCUT2D eigenvalue weighted by molar-refractivity contribution is 7.98. The first-order valence-electron chi connectivity index (χ1n) is 5.39. The third-order valence-corrected chi connectivity index (χ3v) is 2.80. The molecule has 0 spiro atoms. The molecule has 0 radical (unpaired) electrons. The van der Waals surface area contributed by atoms with Crippen LogP contribution < -0.4 is 5.43 Å². The maximum Gasteiger partial charge on any atom is 0.300 e. The average molecular weight is 282 g/mol. The summed E-state index contributed by atoms with van der Waals surface area (Å²) in [7, 11) is 0. The summed E-state index contributed by atoms with van der Waals surface area (Å²) in [6, 6.07) is 8.33. The fourth-order valence-corrected chi connectivity index (χ4v) is 1.71. The van der Waals surface area contributed by atoms with Crippen LogP contribution >= 0.6 is 11.8 Å². The Kier molecular flexibility index (Phi) is 5.59. The van der Waals surface area contributed by atoms with Crippen molar-refractivity contribution in [2.24, 2.45) is 0 Å². The fraction of sp³-hybridized carbons (Fsp3) is 0.231. The molecule has 1 heterocycles. The predicted octanol–water partition coefficient (Wildman–Crippen LogP) is 2.24. The number of carboxylic acid groups (broad SMARTS) is 1. The number of aliphatic carboxylic acids is 1. The number of fused-ring (bicyclic) bond motifs is 1. The van der Waals surface area contributed by atoms with Crippen molar-refractivity contribution in [3.63, 3.8) is 0 Å². The van der Waals surface area contributed by atoms with Gasteiger partial charge >= 0.3 is 0 Å². The summed E-state index contributed by atoms with van der Waals surface area (Å²) in [5.74, 6) is -0.536. The summed E-state index contributed by atoms with van der Waals surface area (Å²) < 4.78 is 5.42. The summed E-state index contributed by atoms with van der Waals surface area (Å²) in [6.45, 7) is 1.08. The zero-order valence-corrected chi connectivity index (χ0v) is 11.3. The molecule has 2 N–H and O–H groups in total. The molecule has 102 valence electrons. The molecule has 5 nitrogen and oxygen atoms in total. The number of hydrogen-bond acceptors (Lipinski definition) is 5. The number of rotatable bonds is 2. The van der Waals surface area contributed by atoms with Crippen molar-refractivity contribution in [2.45, 2.75) is 12.4 Å². The van der Waals surface area contributed by atoms with Crippen molar-refractivity contribution in [1.29, 1.82) is 0 Å². The van der Waals surface area contributed by atoms with E-state index < -0.39 is 11.4 Å². The van der Waals surface area contributed by atoms with Gasteiger partial charge < -0.3 is 14.6 Å². The molecule has 0 bridgehead atoms. The van der Waals surface area contributed by atoms with Crippen LogP contribution in [0.25, 0.3) is 11.0 Å². The summed E-state index contributed by atoms with van der Waals surface area (Å²) in [4.78, 5) is 20.6. The molecule has 1 unspecified atom stereocenters. The SMILES string of the molecule is CC(=O)O.CSC(O)c1cc(=O)c2ccccc2o1. The average Bonchev–Trinajstić information content (AvgIpc) is 2.37. The minimum atomic E-state index is -0.833. The quantitative estimate of drug-likeness (QED) is 0.821. The number of aliphatic hydroxyl groups is 1. The topological polar surface area (TPSA) is 87.7 Å². The fourth-order valence-electron chi connectivity index (χ4n) is 1.36. The maximum atomic E-state index is 11.6. The monoisotopic (exact) mass is 282 g/mol. The minimum Gasteiger partial charge on any atom is -0.481 e. The summed E-state index contributed by atoms with van der Waals surface area (Å²) >= 11 is 1.22. The van der Waals surface area contributed by atoms with Crippen molar-refractivity contribution in [2.75, 3.05) is 6.26 Å². The Hall–Kier alpha value is -1.79. The minimum absolute atomic E-state index is 0.125. The second-order valence-corrected chi connectivity index (χ2v) is 4.53. The Morgan fingerprint density at radius 3 is 2.53 bits per heavy atom. The smallest absolute Gasteiger partial charge is 0.300 e.